The quantitative estimate of drug-likeness (QED) is 0.0169. The Labute approximate surface area is 632 Å². The van der Waals surface area contributed by atoms with Gasteiger partial charge in [0.15, 0.2) is 12.2 Å². The van der Waals surface area contributed by atoms with Crippen LogP contribution in [0.25, 0.3) is 0 Å². The Morgan fingerprint density at radius 1 is 0.279 bits per heavy atom. The Morgan fingerprint density at radius 3 is 0.808 bits per heavy atom. The minimum absolute atomic E-state index is 0.0690. The van der Waals surface area contributed by atoms with Crippen LogP contribution >= 0.6 is 15.6 Å². The van der Waals surface area contributed by atoms with E-state index in [0.717, 1.165) is 167 Å². The molecule has 0 heterocycles. The minimum Gasteiger partial charge on any atom is -0.462 e. The second kappa shape index (κ2) is 76.9. The Hall–Kier alpha value is -4.28. The van der Waals surface area contributed by atoms with Gasteiger partial charge < -0.3 is 33.8 Å². The van der Waals surface area contributed by atoms with Crippen molar-refractivity contribution < 1.29 is 80.2 Å². The van der Waals surface area contributed by atoms with Crippen molar-refractivity contribution in [1.82, 2.24) is 0 Å². The lowest BCUT2D eigenvalue weighted by molar-refractivity contribution is -0.161. The molecule has 0 aromatic rings. The molecule has 0 saturated heterocycles. The number of hydrogen-bond donors (Lipinski definition) is 3. The van der Waals surface area contributed by atoms with E-state index in [9.17, 15) is 43.2 Å². The molecule has 0 aliphatic rings. The van der Waals surface area contributed by atoms with Crippen molar-refractivity contribution in [1.29, 1.82) is 0 Å². The molecule has 19 heteroatoms. The largest absolute Gasteiger partial charge is 0.472 e. The first-order valence-electron chi connectivity index (χ1n) is 41.1. The Kier molecular flexibility index (Phi) is 73.7. The number of phosphoric acid groups is 2. The van der Waals surface area contributed by atoms with Gasteiger partial charge in [-0.25, -0.2) is 9.13 Å². The van der Waals surface area contributed by atoms with E-state index in [1.807, 2.05) is 0 Å². The van der Waals surface area contributed by atoms with Crippen LogP contribution in [0.15, 0.2) is 109 Å². The molecule has 0 amide bonds. The molecule has 0 bridgehead atoms. The predicted octanol–water partition coefficient (Wildman–Crippen LogP) is 24.1. The number of aliphatic hydroxyl groups excluding tert-OH is 1. The molecule has 5 atom stereocenters. The fourth-order valence-corrected chi connectivity index (χ4v) is 12.5. The van der Waals surface area contributed by atoms with Gasteiger partial charge in [0.1, 0.15) is 19.3 Å². The highest BCUT2D eigenvalue weighted by molar-refractivity contribution is 7.47. The lowest BCUT2D eigenvalue weighted by Crippen LogP contribution is -2.30. The SMILES string of the molecule is CC/C=C\C/C=C\C/C=C\C/C=C\CCCCC(=O)OCC(COP(=O)(O)OCC(O)COP(=O)(O)OCC(COC(=O)CCCCCCCC/C=C\C/C=C\C/C=C\CCCCC)OC(=O)CCCCCCCCCCCCCCCCC)OC(=O)CCCCCCC/C=C\C/C=C\CCCCC. The third-order valence-corrected chi connectivity index (χ3v) is 19.1. The average molecular weight is 1500 g/mol. The van der Waals surface area contributed by atoms with Gasteiger partial charge in [-0.15, -0.1) is 0 Å². The average Bonchev–Trinajstić information content (AvgIpc) is 0.912. The van der Waals surface area contributed by atoms with Crippen molar-refractivity contribution >= 4 is 39.5 Å². The molecular weight excluding hydrogens is 1350 g/mol. The summed E-state index contributed by atoms with van der Waals surface area (Å²) in [5.41, 5.74) is 0. The molecule has 600 valence electrons. The zero-order valence-electron chi connectivity index (χ0n) is 65.7. The second-order valence-electron chi connectivity index (χ2n) is 27.3. The molecule has 0 fully saturated rings. The molecular formula is C85H148O17P2. The molecule has 104 heavy (non-hydrogen) atoms. The summed E-state index contributed by atoms with van der Waals surface area (Å²) in [5.74, 6) is -2.23. The summed E-state index contributed by atoms with van der Waals surface area (Å²) in [4.78, 5) is 73.1. The second-order valence-corrected chi connectivity index (χ2v) is 30.2. The summed E-state index contributed by atoms with van der Waals surface area (Å²) in [6.07, 6.45) is 83.4. The van der Waals surface area contributed by atoms with Crippen molar-refractivity contribution in [2.45, 2.75) is 367 Å². The Morgan fingerprint density at radius 2 is 0.500 bits per heavy atom. The van der Waals surface area contributed by atoms with Crippen molar-refractivity contribution in [2.24, 2.45) is 0 Å². The van der Waals surface area contributed by atoms with Crippen LogP contribution in [0.5, 0.6) is 0 Å². The van der Waals surface area contributed by atoms with E-state index in [4.69, 9.17) is 37.0 Å². The first kappa shape index (κ1) is 99.7. The highest BCUT2D eigenvalue weighted by Crippen LogP contribution is 2.45. The number of ether oxygens (including phenoxy) is 4. The fourth-order valence-electron chi connectivity index (χ4n) is 11.0. The molecule has 0 aliphatic carbocycles. The van der Waals surface area contributed by atoms with Gasteiger partial charge in [0.05, 0.1) is 26.4 Å². The van der Waals surface area contributed by atoms with Crippen molar-refractivity contribution in [3.8, 4) is 0 Å². The molecule has 3 N–H and O–H groups in total. The third-order valence-electron chi connectivity index (χ3n) is 17.2. The predicted molar refractivity (Wildman–Crippen MR) is 427 cm³/mol. The molecule has 5 unspecified atom stereocenters. The van der Waals surface area contributed by atoms with Gasteiger partial charge in [-0.2, -0.15) is 0 Å². The third kappa shape index (κ3) is 75.9. The number of allylic oxidation sites excluding steroid dienone is 18. The number of carbonyl (C=O) groups excluding carboxylic acids is 4. The first-order chi connectivity index (χ1) is 50.7. The van der Waals surface area contributed by atoms with Gasteiger partial charge >= 0.3 is 39.5 Å². The zero-order chi connectivity index (χ0) is 76.0. The lowest BCUT2D eigenvalue weighted by Gasteiger charge is -2.21. The highest BCUT2D eigenvalue weighted by Gasteiger charge is 2.30. The van der Waals surface area contributed by atoms with Crippen LogP contribution in [-0.4, -0.2) is 96.7 Å². The zero-order valence-corrected chi connectivity index (χ0v) is 67.5. The van der Waals surface area contributed by atoms with Crippen molar-refractivity contribution in [3.05, 3.63) is 109 Å². The number of unbranched alkanes of at least 4 members (excludes halogenated alkanes) is 33. The lowest BCUT2D eigenvalue weighted by atomic mass is 10.0. The molecule has 0 rings (SSSR count). The topological polar surface area (TPSA) is 237 Å². The standard InChI is InChI=1S/C85H148O17P2/c1-5-9-13-17-21-25-29-33-37-38-39-40-44-46-50-54-58-62-66-70-83(88)96-76-81(102-85(90)72-68-64-60-56-52-48-43-36-32-28-24-20-16-12-8-4)78-100-104(93,94)98-74-79(86)73-97-103(91,92)99-77-80(101-84(89)71-67-63-59-55-51-47-42-35-31-27-23-19-15-11-7-3)75-95-82(87)69-65-61-57-53-49-45-41-34-30-26-22-18-14-10-6-2/h10,14,21-23,25-27,33-35,37,39-42,49,53,79-81,86H,5-9,11-13,15-20,24,28-32,36,38,43-48,50-52,54-78H2,1-4H3,(H,91,92)(H,93,94)/b14-10-,25-21-,26-22-,27-23-,37-33-,40-39-,41-34-,42-35-,53-49-. The van der Waals surface area contributed by atoms with Crippen LogP contribution in [-0.2, 0) is 65.4 Å². The number of hydrogen-bond acceptors (Lipinski definition) is 15. The van der Waals surface area contributed by atoms with Crippen LogP contribution in [0, 0.1) is 0 Å². The van der Waals surface area contributed by atoms with Gasteiger partial charge in [0, 0.05) is 25.7 Å². The van der Waals surface area contributed by atoms with Crippen LogP contribution in [0.4, 0.5) is 0 Å². The Balaban J connectivity index is 5.39. The molecule has 0 radical (unpaired) electrons. The van der Waals surface area contributed by atoms with E-state index in [2.05, 4.69) is 137 Å². The van der Waals surface area contributed by atoms with Crippen LogP contribution in [0.3, 0.4) is 0 Å². The van der Waals surface area contributed by atoms with Crippen LogP contribution in [0.1, 0.15) is 349 Å². The van der Waals surface area contributed by atoms with E-state index in [-0.39, 0.29) is 25.7 Å². The number of phosphoric ester groups is 2. The van der Waals surface area contributed by atoms with E-state index in [0.29, 0.717) is 25.7 Å². The number of esters is 4. The maximum Gasteiger partial charge on any atom is 0.472 e. The normalized spacial score (nSPS) is 14.4. The summed E-state index contributed by atoms with van der Waals surface area (Å²) < 4.78 is 68.6. The maximum atomic E-state index is 13.1. The van der Waals surface area contributed by atoms with Crippen molar-refractivity contribution in [3.63, 3.8) is 0 Å². The number of rotatable bonds is 77. The van der Waals surface area contributed by atoms with Gasteiger partial charge in [-0.1, -0.05) is 298 Å². The molecule has 0 aromatic carbocycles. The van der Waals surface area contributed by atoms with Crippen LogP contribution in [0.2, 0.25) is 0 Å². The molecule has 0 aromatic heterocycles. The van der Waals surface area contributed by atoms with Crippen LogP contribution < -0.4 is 0 Å². The summed E-state index contributed by atoms with van der Waals surface area (Å²) in [6.45, 7) is 4.68. The van der Waals surface area contributed by atoms with Gasteiger partial charge in [0.25, 0.3) is 0 Å². The Bertz CT molecular complexity index is 2390. The van der Waals surface area contributed by atoms with E-state index < -0.39 is 97.5 Å². The van der Waals surface area contributed by atoms with Gasteiger partial charge in [-0.05, 0) is 135 Å². The summed E-state index contributed by atoms with van der Waals surface area (Å²) >= 11 is 0. The summed E-state index contributed by atoms with van der Waals surface area (Å²) in [5, 5.41) is 10.7. The minimum atomic E-state index is -4.99. The molecule has 17 nitrogen and oxygen atoms in total. The van der Waals surface area contributed by atoms with E-state index in [1.54, 1.807) is 0 Å². The summed E-state index contributed by atoms with van der Waals surface area (Å²) in [6, 6.07) is 0. The van der Waals surface area contributed by atoms with Gasteiger partial charge in [-0.3, -0.25) is 37.3 Å². The van der Waals surface area contributed by atoms with E-state index >= 15 is 0 Å². The molecule has 0 aliphatic heterocycles. The highest BCUT2D eigenvalue weighted by atomic mass is 31.2. The monoisotopic (exact) mass is 1500 g/mol. The van der Waals surface area contributed by atoms with E-state index in [1.165, 1.54) is 103 Å². The number of aliphatic hydroxyl groups is 1. The maximum absolute atomic E-state index is 13.1. The first-order valence-corrected chi connectivity index (χ1v) is 44.1. The molecule has 0 spiro atoms. The van der Waals surface area contributed by atoms with Gasteiger partial charge in [0.2, 0.25) is 0 Å². The number of carbonyl (C=O) groups is 4. The smallest absolute Gasteiger partial charge is 0.462 e. The van der Waals surface area contributed by atoms with Crippen molar-refractivity contribution in [2.75, 3.05) is 39.6 Å². The molecule has 0 saturated carbocycles. The fraction of sp³-hybridized carbons (Fsp3) is 0.741. The summed E-state index contributed by atoms with van der Waals surface area (Å²) in [7, 11) is -9.97.